The molecule has 130 valence electrons. The number of aromatic nitrogens is 3. The number of rotatable bonds is 2. The minimum absolute atomic E-state index is 0.197. The molecule has 0 unspecified atom stereocenters. The molecule has 0 aliphatic carbocycles. The lowest BCUT2D eigenvalue weighted by atomic mass is 10.1. The van der Waals surface area contributed by atoms with Crippen molar-refractivity contribution in [3.05, 3.63) is 68.6 Å². The number of aryl methyl sites for hydroxylation is 1. The largest absolute Gasteiger partial charge is 0.320 e. The van der Waals surface area contributed by atoms with Crippen molar-refractivity contribution in [2.24, 2.45) is 7.05 Å². The monoisotopic (exact) mass is 386 g/mol. The smallest absolute Gasteiger partial charge is 0.273 e. The number of pyridine rings is 1. The summed E-state index contributed by atoms with van der Waals surface area (Å²) in [6, 6.07) is 10.2. The van der Waals surface area contributed by atoms with Gasteiger partial charge in [-0.3, -0.25) is 24.4 Å². The number of amides is 1. The average molecular weight is 387 g/mol. The molecule has 0 spiro atoms. The number of halogens is 2. The van der Waals surface area contributed by atoms with Crippen LogP contribution in [0.1, 0.15) is 10.4 Å². The standard InChI is InChI=1S/C18H12Cl2N4O2/c1-24-16-9-4-2-7-13(15(9)21-8-10(16)17(25)23-24)22-18(26)14-11(19)5-3-6-12(14)20/h2-8H,1H3,(H,22,26)(H,23,25). The summed E-state index contributed by atoms with van der Waals surface area (Å²) in [5.74, 6) is -0.432. The lowest BCUT2D eigenvalue weighted by Gasteiger charge is -2.11. The number of fused-ring (bicyclic) bond motifs is 3. The highest BCUT2D eigenvalue weighted by Crippen LogP contribution is 2.29. The molecule has 4 aromatic rings. The highest BCUT2D eigenvalue weighted by Gasteiger charge is 2.17. The van der Waals surface area contributed by atoms with E-state index in [0.717, 1.165) is 5.39 Å². The van der Waals surface area contributed by atoms with Crippen molar-refractivity contribution in [2.75, 3.05) is 5.32 Å². The van der Waals surface area contributed by atoms with Crippen molar-refractivity contribution >= 4 is 56.6 Å². The number of aromatic amines is 1. The highest BCUT2D eigenvalue weighted by molar-refractivity contribution is 6.40. The van der Waals surface area contributed by atoms with E-state index in [4.69, 9.17) is 23.2 Å². The molecule has 0 aliphatic rings. The maximum atomic E-state index is 12.7. The van der Waals surface area contributed by atoms with Crippen LogP contribution in [-0.4, -0.2) is 20.7 Å². The van der Waals surface area contributed by atoms with Crippen LogP contribution in [-0.2, 0) is 7.05 Å². The fourth-order valence-electron chi connectivity index (χ4n) is 3.01. The number of H-pyrrole nitrogens is 1. The summed E-state index contributed by atoms with van der Waals surface area (Å²) in [5, 5.41) is 7.26. The molecular weight excluding hydrogens is 375 g/mol. The van der Waals surface area contributed by atoms with E-state index in [1.54, 1.807) is 42.1 Å². The molecule has 26 heavy (non-hydrogen) atoms. The number of hydrogen-bond donors (Lipinski definition) is 2. The van der Waals surface area contributed by atoms with Crippen molar-refractivity contribution in [1.29, 1.82) is 0 Å². The van der Waals surface area contributed by atoms with Gasteiger partial charge >= 0.3 is 0 Å². The second-order valence-electron chi connectivity index (χ2n) is 5.77. The van der Waals surface area contributed by atoms with Gasteiger partial charge in [0.1, 0.15) is 0 Å². The van der Waals surface area contributed by atoms with Crippen LogP contribution in [0.3, 0.4) is 0 Å². The number of carbonyl (C=O) groups excluding carboxylic acids is 1. The van der Waals surface area contributed by atoms with Gasteiger partial charge in [0.05, 0.1) is 37.7 Å². The lowest BCUT2D eigenvalue weighted by Crippen LogP contribution is -2.13. The molecule has 0 saturated heterocycles. The Morgan fingerprint density at radius 3 is 2.54 bits per heavy atom. The summed E-state index contributed by atoms with van der Waals surface area (Å²) in [5.41, 5.74) is 1.76. The van der Waals surface area contributed by atoms with Gasteiger partial charge in [-0.15, -0.1) is 0 Å². The molecular formula is C18H12Cl2N4O2. The maximum absolute atomic E-state index is 12.7. The molecule has 0 aliphatic heterocycles. The Morgan fingerprint density at radius 1 is 1.12 bits per heavy atom. The predicted octanol–water partition coefficient (Wildman–Crippen LogP) is 3.97. The molecule has 0 saturated carbocycles. The Morgan fingerprint density at radius 2 is 1.81 bits per heavy atom. The summed E-state index contributed by atoms with van der Waals surface area (Å²) in [4.78, 5) is 29.0. The first kappa shape index (κ1) is 16.6. The predicted molar refractivity (Wildman–Crippen MR) is 103 cm³/mol. The van der Waals surface area contributed by atoms with Crippen molar-refractivity contribution in [1.82, 2.24) is 14.8 Å². The van der Waals surface area contributed by atoms with E-state index in [1.165, 1.54) is 6.20 Å². The minimum Gasteiger partial charge on any atom is -0.320 e. The minimum atomic E-state index is -0.432. The second-order valence-corrected chi connectivity index (χ2v) is 6.59. The molecule has 0 atom stereocenters. The Labute approximate surface area is 157 Å². The summed E-state index contributed by atoms with van der Waals surface area (Å²) in [6.07, 6.45) is 1.49. The third-order valence-electron chi connectivity index (χ3n) is 4.16. The summed E-state index contributed by atoms with van der Waals surface area (Å²) >= 11 is 12.2. The molecule has 0 bridgehead atoms. The van der Waals surface area contributed by atoms with Crippen molar-refractivity contribution in [2.45, 2.75) is 0 Å². The average Bonchev–Trinajstić information content (AvgIpc) is 2.89. The van der Waals surface area contributed by atoms with E-state index in [9.17, 15) is 9.59 Å². The Kier molecular flexibility index (Phi) is 3.94. The zero-order valence-corrected chi connectivity index (χ0v) is 15.0. The van der Waals surface area contributed by atoms with Crippen LogP contribution in [0.4, 0.5) is 5.69 Å². The first-order valence-electron chi connectivity index (χ1n) is 7.69. The number of nitrogens with zero attached hydrogens (tertiary/aromatic N) is 2. The Balaban J connectivity index is 1.86. The van der Waals surface area contributed by atoms with Crippen LogP contribution in [0, 0.1) is 0 Å². The van der Waals surface area contributed by atoms with Crippen LogP contribution in [0.5, 0.6) is 0 Å². The number of benzene rings is 2. The van der Waals surface area contributed by atoms with Crippen LogP contribution < -0.4 is 10.9 Å². The molecule has 2 N–H and O–H groups in total. The van der Waals surface area contributed by atoms with Crippen LogP contribution in [0.2, 0.25) is 10.0 Å². The van der Waals surface area contributed by atoms with E-state index >= 15 is 0 Å². The molecule has 0 fully saturated rings. The van der Waals surface area contributed by atoms with Gasteiger partial charge in [0.2, 0.25) is 0 Å². The second kappa shape index (κ2) is 6.16. The van der Waals surface area contributed by atoms with Gasteiger partial charge in [0.25, 0.3) is 11.5 Å². The Hall–Kier alpha value is -2.83. The number of para-hydroxylation sites is 1. The molecule has 2 heterocycles. The number of nitrogens with one attached hydrogen (secondary N) is 2. The van der Waals surface area contributed by atoms with E-state index in [2.05, 4.69) is 15.4 Å². The topological polar surface area (TPSA) is 79.8 Å². The summed E-state index contributed by atoms with van der Waals surface area (Å²) < 4.78 is 1.64. The molecule has 2 aromatic carbocycles. The molecule has 1 amide bonds. The van der Waals surface area contributed by atoms with E-state index in [0.29, 0.717) is 22.1 Å². The molecule has 6 nitrogen and oxygen atoms in total. The fraction of sp³-hybridized carbons (Fsp3) is 0.0556. The van der Waals surface area contributed by atoms with E-state index in [-0.39, 0.29) is 21.2 Å². The maximum Gasteiger partial charge on any atom is 0.273 e. The first-order valence-corrected chi connectivity index (χ1v) is 8.45. The van der Waals surface area contributed by atoms with Gasteiger partial charge in [-0.1, -0.05) is 41.4 Å². The van der Waals surface area contributed by atoms with Crippen molar-refractivity contribution in [3.63, 3.8) is 0 Å². The third-order valence-corrected chi connectivity index (χ3v) is 4.79. The normalized spacial score (nSPS) is 11.2. The molecule has 0 radical (unpaired) electrons. The quantitative estimate of drug-likeness (QED) is 0.546. The van der Waals surface area contributed by atoms with Crippen LogP contribution >= 0.6 is 23.2 Å². The Bertz CT molecular complexity index is 1220. The molecule has 8 heteroatoms. The number of carbonyl (C=O) groups is 1. The van der Waals surface area contributed by atoms with Gasteiger partial charge in [-0.25, -0.2) is 0 Å². The number of anilines is 1. The lowest BCUT2D eigenvalue weighted by molar-refractivity contribution is 0.102. The van der Waals surface area contributed by atoms with Gasteiger partial charge in [-0.05, 0) is 18.2 Å². The van der Waals surface area contributed by atoms with Crippen molar-refractivity contribution < 1.29 is 4.79 Å². The fourth-order valence-corrected chi connectivity index (χ4v) is 3.57. The zero-order valence-electron chi connectivity index (χ0n) is 13.5. The van der Waals surface area contributed by atoms with Gasteiger partial charge in [0, 0.05) is 18.6 Å². The molecule has 2 aromatic heterocycles. The summed E-state index contributed by atoms with van der Waals surface area (Å²) in [7, 11) is 1.75. The van der Waals surface area contributed by atoms with Gasteiger partial charge in [0.15, 0.2) is 0 Å². The van der Waals surface area contributed by atoms with E-state index in [1.807, 2.05) is 6.07 Å². The van der Waals surface area contributed by atoms with Crippen molar-refractivity contribution in [3.8, 4) is 0 Å². The van der Waals surface area contributed by atoms with Crippen LogP contribution in [0.25, 0.3) is 21.8 Å². The summed E-state index contributed by atoms with van der Waals surface area (Å²) in [6.45, 7) is 0. The van der Waals surface area contributed by atoms with Gasteiger partial charge < -0.3 is 5.32 Å². The molecule has 4 rings (SSSR count). The zero-order chi connectivity index (χ0) is 18.4. The first-order chi connectivity index (χ1) is 12.5. The van der Waals surface area contributed by atoms with E-state index < -0.39 is 5.91 Å². The van der Waals surface area contributed by atoms with Gasteiger partial charge in [-0.2, -0.15) is 0 Å². The number of hydrogen-bond acceptors (Lipinski definition) is 3. The highest BCUT2D eigenvalue weighted by atomic mass is 35.5. The SMILES string of the molecule is Cn1[nH]c(=O)c2cnc3c(NC(=O)c4c(Cl)cccc4Cl)cccc3c21. The van der Waals surface area contributed by atoms with Crippen LogP contribution in [0.15, 0.2) is 47.4 Å². The third kappa shape index (κ3) is 2.55.